The lowest BCUT2D eigenvalue weighted by molar-refractivity contribution is -0.154. The molecule has 11 nitrogen and oxygen atoms in total. The molecule has 0 amide bonds. The zero-order valence-electron chi connectivity index (χ0n) is 10.4. The van der Waals surface area contributed by atoms with Crippen LogP contribution in [0.15, 0.2) is 0 Å². The van der Waals surface area contributed by atoms with Gasteiger partial charge in [0.2, 0.25) is 11.6 Å². The molecule has 118 valence electrons. The molecule has 0 unspecified atom stereocenters. The predicted molar refractivity (Wildman–Crippen MR) is 60.4 cm³/mol. The maximum Gasteiger partial charge on any atom is 0.372 e. The highest BCUT2D eigenvalue weighted by molar-refractivity contribution is 6.33. The Hall–Kier alpha value is -2.82. The van der Waals surface area contributed by atoms with Crippen LogP contribution in [0, 0.1) is 0 Å². The van der Waals surface area contributed by atoms with Crippen molar-refractivity contribution in [2.75, 3.05) is 0 Å². The number of ketones is 2. The van der Waals surface area contributed by atoms with Crippen molar-refractivity contribution in [2.45, 2.75) is 25.4 Å². The highest BCUT2D eigenvalue weighted by Crippen LogP contribution is 1.92. The van der Waals surface area contributed by atoms with E-state index in [1.54, 1.807) is 0 Å². The van der Waals surface area contributed by atoms with Crippen LogP contribution in [0.1, 0.15) is 19.3 Å². The molecule has 0 aromatic carbocycles. The summed E-state index contributed by atoms with van der Waals surface area (Å²) < 4.78 is 0. The lowest BCUT2D eigenvalue weighted by Crippen LogP contribution is -2.26. The second kappa shape index (κ2) is 10.0. The molecule has 0 aliphatic heterocycles. The molecule has 0 aromatic heterocycles. The monoisotopic (exact) mass is 308 g/mol. The van der Waals surface area contributed by atoms with Gasteiger partial charge in [-0.2, -0.15) is 0 Å². The molecule has 0 radical (unpaired) electrons. The van der Waals surface area contributed by atoms with E-state index in [-0.39, 0.29) is 0 Å². The van der Waals surface area contributed by atoms with Gasteiger partial charge in [0.25, 0.3) is 0 Å². The number of carboxylic acids is 4. The summed E-state index contributed by atoms with van der Waals surface area (Å²) in [5.74, 6) is -8.50. The Morgan fingerprint density at radius 1 is 0.714 bits per heavy atom. The molecular formula is C10H12O11. The molecule has 0 saturated carbocycles. The second-order valence-corrected chi connectivity index (χ2v) is 3.41. The molecule has 0 saturated heterocycles. The van der Waals surface area contributed by atoms with Gasteiger partial charge in [0, 0.05) is 6.42 Å². The van der Waals surface area contributed by atoms with Crippen molar-refractivity contribution in [1.29, 1.82) is 0 Å². The van der Waals surface area contributed by atoms with Gasteiger partial charge in [-0.05, 0) is 0 Å². The van der Waals surface area contributed by atoms with Crippen molar-refractivity contribution >= 4 is 35.4 Å². The fourth-order valence-electron chi connectivity index (χ4n) is 0.678. The lowest BCUT2D eigenvalue weighted by atomic mass is 10.2. The molecule has 0 aromatic rings. The van der Waals surface area contributed by atoms with Crippen LogP contribution in [0.2, 0.25) is 0 Å². The topological polar surface area (TPSA) is 204 Å². The van der Waals surface area contributed by atoms with Crippen LogP contribution < -0.4 is 0 Å². The van der Waals surface area contributed by atoms with E-state index in [0.29, 0.717) is 0 Å². The van der Waals surface area contributed by atoms with Crippen molar-refractivity contribution in [3.63, 3.8) is 0 Å². The normalized spacial score (nSPS) is 10.5. The molecule has 5 N–H and O–H groups in total. The zero-order valence-corrected chi connectivity index (χ0v) is 10.4. The van der Waals surface area contributed by atoms with Gasteiger partial charge in [-0.1, -0.05) is 0 Å². The van der Waals surface area contributed by atoms with Gasteiger partial charge in [-0.25, -0.2) is 14.4 Å². The van der Waals surface area contributed by atoms with Crippen molar-refractivity contribution in [1.82, 2.24) is 0 Å². The maximum atomic E-state index is 10.2. The van der Waals surface area contributed by atoms with Gasteiger partial charge in [-0.3, -0.25) is 14.4 Å². The van der Waals surface area contributed by atoms with E-state index in [1.165, 1.54) is 0 Å². The zero-order chi connectivity index (χ0) is 17.2. The molecule has 0 aliphatic carbocycles. The Morgan fingerprint density at radius 2 is 1.14 bits per heavy atom. The average Bonchev–Trinajstić information content (AvgIpc) is 2.35. The summed E-state index contributed by atoms with van der Waals surface area (Å²) in [6.45, 7) is 0. The Morgan fingerprint density at radius 3 is 1.43 bits per heavy atom. The van der Waals surface area contributed by atoms with E-state index in [1.807, 2.05) is 0 Å². The standard InChI is InChI=1S/C5H6O6.C5H6O5/c6-2(4(8)9)1-3(7)5(10)11;6-3(5(9)10)1-2-4(7)8/h2,6H,1H2,(H,8,9)(H,10,11);1-2H2,(H,7,8)(H,9,10)/t2-;/m0./s1. The van der Waals surface area contributed by atoms with Crippen LogP contribution >= 0.6 is 0 Å². The van der Waals surface area contributed by atoms with E-state index < -0.39 is 60.8 Å². The third-order valence-electron chi connectivity index (χ3n) is 1.71. The van der Waals surface area contributed by atoms with Crippen LogP contribution in [0.4, 0.5) is 0 Å². The molecular weight excluding hydrogens is 296 g/mol. The smallest absolute Gasteiger partial charge is 0.372 e. The minimum atomic E-state index is -1.93. The summed E-state index contributed by atoms with van der Waals surface area (Å²) >= 11 is 0. The van der Waals surface area contributed by atoms with Crippen molar-refractivity contribution < 1.29 is 54.3 Å². The number of carbonyl (C=O) groups is 6. The van der Waals surface area contributed by atoms with Crippen molar-refractivity contribution in [2.24, 2.45) is 0 Å². The Balaban J connectivity index is 0. The molecule has 0 rings (SSSR count). The molecule has 0 aliphatic rings. The van der Waals surface area contributed by atoms with Crippen LogP contribution in [0.3, 0.4) is 0 Å². The van der Waals surface area contributed by atoms with E-state index in [4.69, 9.17) is 25.5 Å². The molecule has 0 fully saturated rings. The summed E-state index contributed by atoms with van der Waals surface area (Å²) in [6.07, 6.45) is -3.70. The van der Waals surface area contributed by atoms with Gasteiger partial charge in [0.15, 0.2) is 6.10 Å². The number of hydrogen-bond acceptors (Lipinski definition) is 7. The van der Waals surface area contributed by atoms with Crippen molar-refractivity contribution in [3.05, 3.63) is 0 Å². The third-order valence-corrected chi connectivity index (χ3v) is 1.71. The Labute approximate surface area is 116 Å². The molecule has 11 heteroatoms. The first-order valence-corrected chi connectivity index (χ1v) is 5.13. The number of aliphatic hydroxyl groups is 1. The molecule has 21 heavy (non-hydrogen) atoms. The Bertz CT molecular complexity index is 450. The molecule has 0 heterocycles. The van der Waals surface area contributed by atoms with Gasteiger partial charge in [-0.15, -0.1) is 0 Å². The summed E-state index contributed by atoms with van der Waals surface area (Å²) in [6, 6.07) is 0. The fourth-order valence-corrected chi connectivity index (χ4v) is 0.678. The van der Waals surface area contributed by atoms with Gasteiger partial charge < -0.3 is 25.5 Å². The number of carboxylic acid groups (broad SMARTS) is 4. The first-order chi connectivity index (χ1) is 9.48. The summed E-state index contributed by atoms with van der Waals surface area (Å²) in [4.78, 5) is 59.6. The number of rotatable bonds is 8. The predicted octanol–water partition coefficient (Wildman–Crippen LogP) is -2.02. The fraction of sp³-hybridized carbons (Fsp3) is 0.400. The van der Waals surface area contributed by atoms with Gasteiger partial charge in [0.05, 0.1) is 12.8 Å². The molecule has 0 spiro atoms. The van der Waals surface area contributed by atoms with Crippen LogP contribution in [-0.4, -0.2) is 67.1 Å². The summed E-state index contributed by atoms with van der Waals surface area (Å²) in [5, 5.41) is 40.4. The highest BCUT2D eigenvalue weighted by Gasteiger charge is 2.21. The largest absolute Gasteiger partial charge is 0.481 e. The highest BCUT2D eigenvalue weighted by atomic mass is 16.4. The quantitative estimate of drug-likeness (QED) is 0.309. The average molecular weight is 308 g/mol. The second-order valence-electron chi connectivity index (χ2n) is 3.41. The lowest BCUT2D eigenvalue weighted by Gasteiger charge is -1.99. The summed E-state index contributed by atoms with van der Waals surface area (Å²) in [5.41, 5.74) is 0. The van der Waals surface area contributed by atoms with E-state index in [9.17, 15) is 28.8 Å². The number of carbonyl (C=O) groups excluding carboxylic acids is 2. The minimum Gasteiger partial charge on any atom is -0.481 e. The molecule has 0 bridgehead atoms. The molecule has 1 atom stereocenters. The third kappa shape index (κ3) is 12.0. The van der Waals surface area contributed by atoms with E-state index >= 15 is 0 Å². The van der Waals surface area contributed by atoms with E-state index in [2.05, 4.69) is 0 Å². The minimum absolute atomic E-state index is 0.425. The van der Waals surface area contributed by atoms with Crippen LogP contribution in [0.5, 0.6) is 0 Å². The van der Waals surface area contributed by atoms with Gasteiger partial charge >= 0.3 is 23.9 Å². The van der Waals surface area contributed by atoms with Crippen molar-refractivity contribution in [3.8, 4) is 0 Å². The number of aliphatic carboxylic acids is 4. The Kier molecular flexibility index (Phi) is 9.79. The number of aliphatic hydroxyl groups excluding tert-OH is 1. The van der Waals surface area contributed by atoms with Crippen LogP contribution in [-0.2, 0) is 28.8 Å². The summed E-state index contributed by atoms with van der Waals surface area (Å²) in [7, 11) is 0. The number of Topliss-reactive ketones (excluding diaryl/α,β-unsaturated/α-hetero) is 2. The maximum absolute atomic E-state index is 10.2. The first kappa shape index (κ1) is 20.5. The van der Waals surface area contributed by atoms with Gasteiger partial charge in [0.1, 0.15) is 0 Å². The van der Waals surface area contributed by atoms with Crippen LogP contribution in [0.25, 0.3) is 0 Å². The number of hydrogen-bond donors (Lipinski definition) is 5. The van der Waals surface area contributed by atoms with E-state index in [0.717, 1.165) is 0 Å². The first-order valence-electron chi connectivity index (χ1n) is 5.13. The SMILES string of the molecule is O=C(O)C(=O)C[C@H](O)C(=O)O.O=C(O)CCC(=O)C(=O)O.